The number of nitrogens with zero attached hydrogens (tertiary/aromatic N) is 4. The Morgan fingerprint density at radius 1 is 1.28 bits per heavy atom. The summed E-state index contributed by atoms with van der Waals surface area (Å²) in [5.41, 5.74) is 1.58. The standard InChI is InChI=1S/C19H16Cl2N4O3S/c1-9-12-7-16(19(26)27-10(2)17-23-22-11(3)28-17)29-18(12)25(24-9)8-13-14(20)5-4-6-15(13)21/h4-7,10H,8H2,1-3H3. The van der Waals surface area contributed by atoms with Gasteiger partial charge in [-0.25, -0.2) is 9.48 Å². The van der Waals surface area contributed by atoms with Gasteiger partial charge in [0.25, 0.3) is 5.89 Å². The van der Waals surface area contributed by atoms with E-state index in [0.29, 0.717) is 27.4 Å². The van der Waals surface area contributed by atoms with Crippen molar-refractivity contribution in [3.8, 4) is 0 Å². The molecular weight excluding hydrogens is 435 g/mol. The van der Waals surface area contributed by atoms with Crippen molar-refractivity contribution in [3.63, 3.8) is 0 Å². The van der Waals surface area contributed by atoms with Crippen molar-refractivity contribution in [3.05, 3.63) is 62.2 Å². The van der Waals surface area contributed by atoms with Crippen LogP contribution in [0.15, 0.2) is 28.7 Å². The molecule has 0 aliphatic carbocycles. The Morgan fingerprint density at radius 3 is 2.66 bits per heavy atom. The van der Waals surface area contributed by atoms with Crippen LogP contribution in [0.5, 0.6) is 0 Å². The lowest BCUT2D eigenvalue weighted by Crippen LogP contribution is -2.08. The maximum Gasteiger partial charge on any atom is 0.349 e. The molecule has 3 heterocycles. The summed E-state index contributed by atoms with van der Waals surface area (Å²) in [6, 6.07) is 7.15. The average Bonchev–Trinajstić information content (AvgIpc) is 3.36. The quantitative estimate of drug-likeness (QED) is 0.380. The molecule has 0 aliphatic rings. The third kappa shape index (κ3) is 3.88. The normalized spacial score (nSPS) is 12.4. The molecule has 0 fully saturated rings. The van der Waals surface area contributed by atoms with Crippen molar-refractivity contribution in [2.24, 2.45) is 0 Å². The number of fused-ring (bicyclic) bond motifs is 1. The monoisotopic (exact) mass is 450 g/mol. The molecule has 0 spiro atoms. The smallest absolute Gasteiger partial charge is 0.349 e. The fraction of sp³-hybridized carbons (Fsp3) is 0.263. The van der Waals surface area contributed by atoms with Gasteiger partial charge in [-0.1, -0.05) is 29.3 Å². The number of ether oxygens (including phenoxy) is 1. The number of esters is 1. The van der Waals surface area contributed by atoms with Crippen LogP contribution < -0.4 is 0 Å². The van der Waals surface area contributed by atoms with Crippen LogP contribution in [0.2, 0.25) is 10.0 Å². The second-order valence-corrected chi connectivity index (χ2v) is 8.32. The Morgan fingerprint density at radius 2 is 2.00 bits per heavy atom. The molecule has 1 atom stereocenters. The van der Waals surface area contributed by atoms with Crippen molar-refractivity contribution in [1.82, 2.24) is 20.0 Å². The van der Waals surface area contributed by atoms with Crippen LogP contribution in [0.4, 0.5) is 0 Å². The van der Waals surface area contributed by atoms with Crippen LogP contribution in [0.1, 0.15) is 45.7 Å². The number of aryl methyl sites for hydroxylation is 2. The second-order valence-electron chi connectivity index (χ2n) is 6.48. The predicted molar refractivity (Wildman–Crippen MR) is 111 cm³/mol. The largest absolute Gasteiger partial charge is 0.448 e. The van der Waals surface area contributed by atoms with E-state index in [-0.39, 0.29) is 5.89 Å². The molecule has 0 amide bonds. The van der Waals surface area contributed by atoms with Gasteiger partial charge in [0, 0.05) is 27.9 Å². The van der Waals surface area contributed by atoms with E-state index < -0.39 is 12.1 Å². The van der Waals surface area contributed by atoms with E-state index >= 15 is 0 Å². The van der Waals surface area contributed by atoms with E-state index in [1.165, 1.54) is 11.3 Å². The van der Waals surface area contributed by atoms with Crippen LogP contribution >= 0.6 is 34.5 Å². The Balaban J connectivity index is 1.61. The summed E-state index contributed by atoms with van der Waals surface area (Å²) < 4.78 is 12.6. The van der Waals surface area contributed by atoms with E-state index in [4.69, 9.17) is 32.4 Å². The molecule has 0 radical (unpaired) electrons. The summed E-state index contributed by atoms with van der Waals surface area (Å²) in [4.78, 5) is 13.9. The summed E-state index contributed by atoms with van der Waals surface area (Å²) in [6.07, 6.45) is -0.645. The Hall–Kier alpha value is -2.42. The lowest BCUT2D eigenvalue weighted by atomic mass is 10.2. The van der Waals surface area contributed by atoms with Gasteiger partial charge < -0.3 is 9.15 Å². The molecule has 150 valence electrons. The molecule has 0 bridgehead atoms. The van der Waals surface area contributed by atoms with Crippen LogP contribution in [-0.4, -0.2) is 25.9 Å². The molecule has 0 N–H and O–H groups in total. The molecule has 10 heteroatoms. The highest BCUT2D eigenvalue weighted by Crippen LogP contribution is 2.32. The average molecular weight is 451 g/mol. The number of benzene rings is 1. The van der Waals surface area contributed by atoms with Crippen molar-refractivity contribution < 1.29 is 13.9 Å². The topological polar surface area (TPSA) is 83.0 Å². The highest BCUT2D eigenvalue weighted by molar-refractivity contribution is 7.20. The lowest BCUT2D eigenvalue weighted by molar-refractivity contribution is 0.0283. The Labute approximate surface area is 180 Å². The predicted octanol–water partition coefficient (Wildman–Crippen LogP) is 5.37. The molecule has 3 aromatic heterocycles. The van der Waals surface area contributed by atoms with E-state index in [1.54, 1.807) is 42.8 Å². The first-order valence-electron chi connectivity index (χ1n) is 8.74. The third-order valence-corrected chi connectivity index (χ3v) is 6.19. The Bertz CT molecular complexity index is 1190. The summed E-state index contributed by atoms with van der Waals surface area (Å²) in [6.45, 7) is 5.65. The van der Waals surface area contributed by atoms with Crippen molar-refractivity contribution in [1.29, 1.82) is 0 Å². The minimum absolute atomic E-state index is 0.257. The van der Waals surface area contributed by atoms with Gasteiger partial charge in [-0.3, -0.25) is 0 Å². The molecule has 4 aromatic rings. The van der Waals surface area contributed by atoms with Gasteiger partial charge >= 0.3 is 5.97 Å². The summed E-state index contributed by atoms with van der Waals surface area (Å²) in [7, 11) is 0. The van der Waals surface area contributed by atoms with Crippen molar-refractivity contribution >= 4 is 50.7 Å². The summed E-state index contributed by atoms with van der Waals surface area (Å²) in [5, 5.41) is 14.2. The SMILES string of the molecule is Cc1nnc(C(C)OC(=O)c2cc3c(C)nn(Cc4c(Cl)cccc4Cl)c3s2)o1. The van der Waals surface area contributed by atoms with E-state index in [2.05, 4.69) is 15.3 Å². The third-order valence-electron chi connectivity index (χ3n) is 4.35. The first-order chi connectivity index (χ1) is 13.8. The zero-order valence-corrected chi connectivity index (χ0v) is 18.1. The van der Waals surface area contributed by atoms with Gasteiger partial charge in [-0.2, -0.15) is 5.10 Å². The maximum absolute atomic E-state index is 12.6. The van der Waals surface area contributed by atoms with Gasteiger partial charge in [0.2, 0.25) is 5.89 Å². The molecule has 0 aliphatic heterocycles. The van der Waals surface area contributed by atoms with E-state index in [0.717, 1.165) is 21.5 Å². The van der Waals surface area contributed by atoms with Crippen LogP contribution in [0, 0.1) is 13.8 Å². The lowest BCUT2D eigenvalue weighted by Gasteiger charge is -2.08. The van der Waals surface area contributed by atoms with Crippen LogP contribution in [0.3, 0.4) is 0 Å². The van der Waals surface area contributed by atoms with E-state index in [1.807, 2.05) is 6.92 Å². The number of halogens is 2. The molecule has 1 unspecified atom stereocenters. The molecule has 4 rings (SSSR count). The van der Waals surface area contributed by atoms with Crippen LogP contribution in [0.25, 0.3) is 10.2 Å². The summed E-state index contributed by atoms with van der Waals surface area (Å²) >= 11 is 13.9. The number of aromatic nitrogens is 4. The van der Waals surface area contributed by atoms with Gasteiger partial charge in [0.15, 0.2) is 6.10 Å². The number of carbonyl (C=O) groups is 1. The Kier molecular flexibility index (Phi) is 5.33. The van der Waals surface area contributed by atoms with Gasteiger partial charge in [0.05, 0.1) is 12.2 Å². The number of carbonyl (C=O) groups excluding carboxylic acids is 1. The number of rotatable bonds is 5. The number of thiophene rings is 1. The van der Waals surface area contributed by atoms with Gasteiger partial charge in [-0.05, 0) is 32.0 Å². The first kappa shape index (κ1) is 19.9. The molecular formula is C19H16Cl2N4O3S. The molecule has 29 heavy (non-hydrogen) atoms. The first-order valence-corrected chi connectivity index (χ1v) is 10.3. The van der Waals surface area contributed by atoms with Gasteiger partial charge in [0.1, 0.15) is 9.71 Å². The fourth-order valence-electron chi connectivity index (χ4n) is 2.90. The molecule has 1 aromatic carbocycles. The second kappa shape index (κ2) is 7.78. The molecule has 0 saturated carbocycles. The highest BCUT2D eigenvalue weighted by Gasteiger charge is 2.22. The summed E-state index contributed by atoms with van der Waals surface area (Å²) in [5.74, 6) is 0.211. The minimum atomic E-state index is -0.645. The van der Waals surface area contributed by atoms with Crippen molar-refractivity contribution in [2.75, 3.05) is 0 Å². The zero-order valence-electron chi connectivity index (χ0n) is 15.8. The number of hydrogen-bond acceptors (Lipinski definition) is 7. The minimum Gasteiger partial charge on any atom is -0.448 e. The molecule has 0 saturated heterocycles. The zero-order chi connectivity index (χ0) is 20.7. The van der Waals surface area contributed by atoms with E-state index in [9.17, 15) is 4.79 Å². The molecule has 7 nitrogen and oxygen atoms in total. The van der Waals surface area contributed by atoms with Gasteiger partial charge in [-0.15, -0.1) is 21.5 Å². The highest BCUT2D eigenvalue weighted by atomic mass is 35.5. The number of hydrogen-bond donors (Lipinski definition) is 0. The van der Waals surface area contributed by atoms with Crippen molar-refractivity contribution in [2.45, 2.75) is 33.4 Å². The fourth-order valence-corrected chi connectivity index (χ4v) is 4.46. The van der Waals surface area contributed by atoms with Crippen LogP contribution in [-0.2, 0) is 11.3 Å². The maximum atomic E-state index is 12.6.